The first-order chi connectivity index (χ1) is 50.2. The molecule has 14 rings (SSSR count). The molecule has 6 fully saturated rings. The standard InChI is InChI=1S/C33H53N9O14P2Si2.C22H26N10O14P2/c1-16-37-25-19(27(43)38-16)35-14-41(25)29-23(55-59(8,9)32(2,3)4)21-17(51-29)12-49-58(47,48)54-22-18(13-50-57(45,46)53-21)52-30(24(22)56-60(10,11)33(5,6)7)42-15-36-20-26(42)39-31(34)40-28(20)44;1-6(33)9-13-7(43-19(9)31-4-25-10-15(31)27-21(23)29-17(10)35)2-41-48(39,40)46-14-8(3-42-47(37,38)45-13)44-20(12(14)34)32-5-26-11-16(32)28-22(24)30-18(11)36/h14-15,17-18,21-24,29-30H,12-13H2,1-11H3,(H,45,46)(H,47,48)(H,37,38,43)(H3,34,39,40,44);4-5,7-9,12-14,19-20,34H,2-3H2,1H3,(H,37,38)(H,39,40)(H3,23,27,29,35)(H3,24,28,30,36)/p-2/t17-,18-,21?,22+,23+,24?,29-,30-;7-,8-,9+,12?,13?,14+,19-,20-/m11/s1. The van der Waals surface area contributed by atoms with Crippen LogP contribution in [-0.4, -0.2) is 209 Å². The van der Waals surface area contributed by atoms with Crippen molar-refractivity contribution in [3.05, 3.63) is 72.5 Å². The Bertz CT molecular complexity index is 5120. The summed E-state index contributed by atoms with van der Waals surface area (Å²) in [4.78, 5) is 155. The number of Topliss-reactive ketones (excluding diaryl/α,β-unsaturated/α-hetero) is 1. The van der Waals surface area contributed by atoms with Gasteiger partial charge in [0.2, 0.25) is 17.8 Å². The topological polar surface area (TPSA) is 654 Å². The van der Waals surface area contributed by atoms with E-state index < -0.39 is 210 Å². The van der Waals surface area contributed by atoms with Gasteiger partial charge in [-0.3, -0.25) is 84.4 Å². The van der Waals surface area contributed by atoms with Crippen LogP contribution in [0.1, 0.15) is 79.2 Å². The fourth-order valence-corrected chi connectivity index (χ4v) is 19.0. The van der Waals surface area contributed by atoms with E-state index in [2.05, 4.69) is 59.8 Å². The van der Waals surface area contributed by atoms with E-state index in [9.17, 15) is 66.9 Å². The fraction of sp³-hybridized carbons (Fsp3) is 0.618. The lowest BCUT2D eigenvalue weighted by atomic mass is 9.96. The third-order valence-electron chi connectivity index (χ3n) is 19.8. The van der Waals surface area contributed by atoms with Gasteiger partial charge in [-0.05, 0) is 50.1 Å². The maximum Gasteiger partial charge on any atom is 0.472 e. The number of hydrogen-bond acceptors (Lipinski definition) is 37. The van der Waals surface area contributed by atoms with Crippen LogP contribution in [-0.2, 0) is 87.0 Å². The van der Waals surface area contributed by atoms with Crippen LogP contribution in [0.2, 0.25) is 36.3 Å². The quantitative estimate of drug-likeness (QED) is 0.0685. The molecule has 14 heterocycles. The third-order valence-corrected chi connectivity index (χ3v) is 32.6. The number of nitrogens with one attached hydrogen (secondary N) is 4. The highest BCUT2D eigenvalue weighted by Gasteiger charge is 2.59. The van der Waals surface area contributed by atoms with Gasteiger partial charge < -0.3 is 92.8 Å². The van der Waals surface area contributed by atoms with Crippen LogP contribution in [0.3, 0.4) is 0 Å². The molecule has 8 unspecified atom stereocenters. The molecule has 0 aliphatic carbocycles. The van der Waals surface area contributed by atoms with E-state index in [0.29, 0.717) is 0 Å². The van der Waals surface area contributed by atoms with Gasteiger partial charge in [-0.1, -0.05) is 41.5 Å². The number of phosphoric acid groups is 4. The van der Waals surface area contributed by atoms with Crippen LogP contribution in [0.25, 0.3) is 44.7 Å². The molecule has 6 aliphatic rings. The zero-order valence-electron chi connectivity index (χ0n) is 59.3. The van der Waals surface area contributed by atoms with Crippen molar-refractivity contribution in [1.29, 1.82) is 0 Å². The molecule has 0 amide bonds. The lowest BCUT2D eigenvalue weighted by Crippen LogP contribution is -2.50. The second kappa shape index (κ2) is 28.4. The average molecular weight is 1630 g/mol. The summed E-state index contributed by atoms with van der Waals surface area (Å²) >= 11 is 0. The highest BCUT2D eigenvalue weighted by Crippen LogP contribution is 2.57. The molecule has 0 spiro atoms. The lowest BCUT2D eigenvalue weighted by Gasteiger charge is -2.41. The number of imidazole rings is 4. The van der Waals surface area contributed by atoms with Crippen LogP contribution < -0.4 is 49.2 Å². The lowest BCUT2D eigenvalue weighted by molar-refractivity contribution is -0.244. The number of H-pyrrole nitrogens is 4. The minimum Gasteiger partial charge on any atom is -0.756 e. The number of aliphatic hydroxyl groups excluding tert-OH is 1. The Labute approximate surface area is 609 Å². The molecule has 20 atom stereocenters. The van der Waals surface area contributed by atoms with Crippen molar-refractivity contribution in [3.63, 3.8) is 0 Å². The van der Waals surface area contributed by atoms with Crippen molar-refractivity contribution in [2.45, 2.75) is 184 Å². The summed E-state index contributed by atoms with van der Waals surface area (Å²) in [5, 5.41) is 10.3. The van der Waals surface area contributed by atoms with Crippen LogP contribution in [0.4, 0.5) is 17.8 Å². The Morgan fingerprint density at radius 3 is 1.21 bits per heavy atom. The van der Waals surface area contributed by atoms with Gasteiger partial charge in [0, 0.05) is 0 Å². The molecule has 8 aromatic heterocycles. The summed E-state index contributed by atoms with van der Waals surface area (Å²) in [6, 6.07) is 0. The number of aromatic nitrogens is 16. The molecule has 6 saturated heterocycles. The monoisotopic (exact) mass is 1630 g/mol. The molecular weight excluding hydrogens is 1550 g/mol. The summed E-state index contributed by atoms with van der Waals surface area (Å²) < 4.78 is 141. The van der Waals surface area contributed by atoms with E-state index in [1.165, 1.54) is 21.8 Å². The molecule has 590 valence electrons. The van der Waals surface area contributed by atoms with E-state index >= 15 is 0 Å². The molecule has 0 aromatic carbocycles. The van der Waals surface area contributed by atoms with Gasteiger partial charge >= 0.3 is 15.6 Å². The largest absolute Gasteiger partial charge is 0.756 e. The SMILES string of the molecule is CC(=O)[C@H]1C2OP(=O)([O-])OC[C@H]3O[C@@H](n4cnc5c(=O)[nH]c(N)nc54)C(O)[C@H]3OP(=O)([O-])OC[C@H]2O[C@H]1n1cnc2c(=O)[nH]c(N)nc21.Cc1nc2c(ncn2[C@@H]2O[C@@H]3COP(=O)(O)O[C@@H]4C(O[Si](C)(C)C(C)(C)C)[C@H](n5cnc6c(=O)[nH]c(N)nc65)O[C@@H]4COP(=O)(O)OC3[C@@H]2O[Si](C)(C)C(C)(C)C)c(=O)[nH]1. The number of aliphatic hydroxyl groups is 1. The van der Waals surface area contributed by atoms with Crippen molar-refractivity contribution in [3.8, 4) is 0 Å². The number of carbonyl (C=O) groups is 1. The van der Waals surface area contributed by atoms with E-state index in [0.717, 1.165) is 28.7 Å². The normalized spacial score (nSPS) is 34.0. The van der Waals surface area contributed by atoms with Crippen molar-refractivity contribution < 1.29 is 112 Å². The number of nitrogens with zero attached hydrogens (tertiary/aromatic N) is 12. The summed E-state index contributed by atoms with van der Waals surface area (Å²) in [6.45, 7) is 19.0. The summed E-state index contributed by atoms with van der Waals surface area (Å²) in [6.07, 6.45) is -17.5. The van der Waals surface area contributed by atoms with Gasteiger partial charge in [0.05, 0.1) is 57.7 Å². The molecule has 6 aliphatic heterocycles. The zero-order chi connectivity index (χ0) is 78.4. The third kappa shape index (κ3) is 15.4. The minimum atomic E-state index is -5.40. The van der Waals surface area contributed by atoms with Crippen LogP contribution in [0, 0.1) is 12.8 Å². The number of aryl methyl sites for hydroxylation is 1. The fourth-order valence-electron chi connectivity index (χ4n) is 12.6. The molecule has 108 heavy (non-hydrogen) atoms. The van der Waals surface area contributed by atoms with Gasteiger partial charge in [-0.25, -0.2) is 34.0 Å². The minimum absolute atomic E-state index is 0.00295. The number of rotatable bonds is 9. The van der Waals surface area contributed by atoms with Crippen molar-refractivity contribution in [2.24, 2.45) is 5.92 Å². The number of hydrogen-bond donors (Lipinski definition) is 10. The average Bonchev–Trinajstić information content (AvgIpc) is 1.60. The first-order valence-electron chi connectivity index (χ1n) is 33.1. The summed E-state index contributed by atoms with van der Waals surface area (Å²) in [7, 11) is -26.6. The Hall–Kier alpha value is -6.94. The smallest absolute Gasteiger partial charge is 0.472 e. The first-order valence-corrected chi connectivity index (χ1v) is 44.8. The molecule has 8 aromatic rings. The van der Waals surface area contributed by atoms with Gasteiger partial charge in [-0.2, -0.15) is 15.0 Å². The first kappa shape index (κ1) is 79.2. The van der Waals surface area contributed by atoms with Crippen LogP contribution in [0.5, 0.6) is 0 Å². The number of fused-ring (bicyclic) bond motifs is 8. The molecule has 0 bridgehead atoms. The van der Waals surface area contributed by atoms with Crippen molar-refractivity contribution in [1.82, 2.24) is 78.1 Å². The second-order valence-corrected chi connectivity index (χ2v) is 44.2. The van der Waals surface area contributed by atoms with Crippen molar-refractivity contribution >= 4 is 116 Å². The number of aromatic amines is 4. The van der Waals surface area contributed by atoms with Gasteiger partial charge in [0.1, 0.15) is 85.0 Å². The van der Waals surface area contributed by atoms with Crippen LogP contribution in [0.15, 0.2) is 44.5 Å². The maximum absolute atomic E-state index is 14.1. The Morgan fingerprint density at radius 1 is 0.509 bits per heavy atom. The van der Waals surface area contributed by atoms with E-state index in [4.69, 9.17) is 81.2 Å². The molecule has 47 nitrogen and oxygen atoms in total. The number of nitrogen functional groups attached to an aromatic ring is 3. The Kier molecular flexibility index (Phi) is 20.8. The van der Waals surface area contributed by atoms with E-state index in [-0.39, 0.29) is 68.3 Å². The molecule has 13 N–H and O–H groups in total. The molecule has 53 heteroatoms. The highest BCUT2D eigenvalue weighted by molar-refractivity contribution is 7.47. The molecular formula is C55H77N19O28P4Si2-2. The number of ketones is 1. The van der Waals surface area contributed by atoms with Crippen LogP contribution >= 0.6 is 31.3 Å². The van der Waals surface area contributed by atoms with Gasteiger partial charge in [0.15, 0.2) is 80.0 Å². The predicted octanol–water partition coefficient (Wildman–Crippen LogP) is 0.269. The number of carbonyl (C=O) groups excluding carboxylic acids is 1. The molecule has 0 radical (unpaired) electrons. The predicted molar refractivity (Wildman–Crippen MR) is 369 cm³/mol. The van der Waals surface area contributed by atoms with E-state index in [1.54, 1.807) is 6.92 Å². The van der Waals surface area contributed by atoms with Gasteiger partial charge in [-0.15, -0.1) is 0 Å². The zero-order valence-corrected chi connectivity index (χ0v) is 64.9. The number of anilines is 3. The summed E-state index contributed by atoms with van der Waals surface area (Å²) in [5.74, 6) is -2.67. The number of phosphoric ester groups is 4. The second-order valence-electron chi connectivity index (χ2n) is 29.2. The summed E-state index contributed by atoms with van der Waals surface area (Å²) in [5.41, 5.74) is 14.0. The highest BCUT2D eigenvalue weighted by atomic mass is 31.2. The van der Waals surface area contributed by atoms with Gasteiger partial charge in [0.25, 0.3) is 37.9 Å². The molecule has 0 saturated carbocycles. The number of nitrogens with two attached hydrogens (primary N) is 3. The van der Waals surface area contributed by atoms with Crippen molar-refractivity contribution in [2.75, 3.05) is 43.6 Å². The number of ether oxygens (including phenoxy) is 4. The Balaban J connectivity index is 0.000000195. The van der Waals surface area contributed by atoms with E-state index in [1.807, 2.05) is 67.7 Å². The maximum atomic E-state index is 14.1. The Morgan fingerprint density at radius 2 is 0.824 bits per heavy atom.